The predicted molar refractivity (Wildman–Crippen MR) is 93.5 cm³/mol. The topological polar surface area (TPSA) is 120 Å². The third-order valence-corrected chi connectivity index (χ3v) is 3.47. The first-order chi connectivity index (χ1) is 11.7. The Morgan fingerprint density at radius 2 is 1.84 bits per heavy atom. The van der Waals surface area contributed by atoms with Gasteiger partial charge in [0.15, 0.2) is 5.96 Å². The molecule has 2 rings (SSSR count). The van der Waals surface area contributed by atoms with E-state index < -0.39 is 23.7 Å². The smallest absolute Gasteiger partial charge is 0.411 e. The number of esters is 1. The van der Waals surface area contributed by atoms with Gasteiger partial charge < -0.3 is 20.9 Å². The molecule has 0 spiro atoms. The van der Waals surface area contributed by atoms with Gasteiger partial charge in [-0.1, -0.05) is 0 Å². The van der Waals surface area contributed by atoms with Crippen LogP contribution >= 0.6 is 0 Å². The van der Waals surface area contributed by atoms with Gasteiger partial charge in [-0.05, 0) is 57.9 Å². The molecule has 1 aliphatic heterocycles. The maximum absolute atomic E-state index is 12.4. The van der Waals surface area contributed by atoms with Crippen LogP contribution in [0.4, 0.5) is 10.5 Å². The van der Waals surface area contributed by atoms with Crippen LogP contribution in [-0.4, -0.2) is 41.1 Å². The number of nitrogens with zero attached hydrogens (tertiary/aromatic N) is 2. The van der Waals surface area contributed by atoms with Gasteiger partial charge in [0.25, 0.3) is 0 Å². The lowest BCUT2D eigenvalue weighted by atomic mass is 10.2. The lowest BCUT2D eigenvalue weighted by Crippen LogP contribution is -2.44. The normalized spacial score (nSPS) is 17.1. The van der Waals surface area contributed by atoms with E-state index in [1.807, 2.05) is 0 Å². The Morgan fingerprint density at radius 1 is 1.20 bits per heavy atom. The molecule has 1 aromatic carbocycles. The standard InChI is InChI=1S/C17H24N4O4/c1-17(2,3)25-16(23)21-10-4-5-13(21)14(22)24-12-8-6-11(7-9-12)20-15(18)19/h6-9,13H,4-5,10H2,1-3H3,(H4,18,19,20)/t13-/m0/s1. The third kappa shape index (κ3) is 5.37. The number of likely N-dealkylation sites (tertiary alicyclic amines) is 1. The third-order valence-electron chi connectivity index (χ3n) is 3.47. The van der Waals surface area contributed by atoms with Crippen molar-refractivity contribution in [1.29, 1.82) is 0 Å². The molecule has 25 heavy (non-hydrogen) atoms. The van der Waals surface area contributed by atoms with Crippen molar-refractivity contribution in [3.05, 3.63) is 24.3 Å². The summed E-state index contributed by atoms with van der Waals surface area (Å²) in [6, 6.07) is 5.79. The highest BCUT2D eigenvalue weighted by atomic mass is 16.6. The van der Waals surface area contributed by atoms with Crippen LogP contribution in [0.15, 0.2) is 29.3 Å². The summed E-state index contributed by atoms with van der Waals surface area (Å²) in [7, 11) is 0. The second-order valence-electron chi connectivity index (χ2n) is 6.78. The molecule has 1 aromatic rings. The van der Waals surface area contributed by atoms with Gasteiger partial charge in [-0.2, -0.15) is 0 Å². The highest BCUT2D eigenvalue weighted by Gasteiger charge is 2.37. The van der Waals surface area contributed by atoms with Crippen molar-refractivity contribution in [3.8, 4) is 5.75 Å². The Morgan fingerprint density at radius 3 is 2.40 bits per heavy atom. The Hall–Kier alpha value is -2.77. The highest BCUT2D eigenvalue weighted by Crippen LogP contribution is 2.24. The van der Waals surface area contributed by atoms with Gasteiger partial charge in [-0.3, -0.25) is 4.90 Å². The zero-order valence-electron chi connectivity index (χ0n) is 14.7. The van der Waals surface area contributed by atoms with Crippen LogP contribution in [0.2, 0.25) is 0 Å². The van der Waals surface area contributed by atoms with E-state index in [0.717, 1.165) is 6.42 Å². The van der Waals surface area contributed by atoms with Gasteiger partial charge >= 0.3 is 12.1 Å². The molecular formula is C17H24N4O4. The fraction of sp³-hybridized carbons (Fsp3) is 0.471. The van der Waals surface area contributed by atoms with Crippen LogP contribution in [-0.2, 0) is 9.53 Å². The molecule has 0 unspecified atom stereocenters. The summed E-state index contributed by atoms with van der Waals surface area (Å²) in [5, 5.41) is 0. The second-order valence-corrected chi connectivity index (χ2v) is 6.78. The summed E-state index contributed by atoms with van der Waals surface area (Å²) in [5.41, 5.74) is 10.5. The molecule has 0 radical (unpaired) electrons. The van der Waals surface area contributed by atoms with Gasteiger partial charge in [0.05, 0.1) is 5.69 Å². The van der Waals surface area contributed by atoms with Crippen LogP contribution in [0.25, 0.3) is 0 Å². The van der Waals surface area contributed by atoms with Gasteiger partial charge in [0.1, 0.15) is 17.4 Å². The molecule has 1 aliphatic rings. The molecule has 136 valence electrons. The molecule has 0 aromatic heterocycles. The van der Waals surface area contributed by atoms with E-state index >= 15 is 0 Å². The molecular weight excluding hydrogens is 324 g/mol. The minimum Gasteiger partial charge on any atom is -0.444 e. The molecule has 0 bridgehead atoms. The largest absolute Gasteiger partial charge is 0.444 e. The van der Waals surface area contributed by atoms with Crippen LogP contribution in [0.3, 0.4) is 0 Å². The quantitative estimate of drug-likeness (QED) is 0.372. The lowest BCUT2D eigenvalue weighted by Gasteiger charge is -2.27. The summed E-state index contributed by atoms with van der Waals surface area (Å²) < 4.78 is 10.7. The number of nitrogens with two attached hydrogens (primary N) is 2. The highest BCUT2D eigenvalue weighted by molar-refractivity contribution is 5.84. The lowest BCUT2D eigenvalue weighted by molar-refractivity contribution is -0.139. The van der Waals surface area contributed by atoms with E-state index in [4.69, 9.17) is 20.9 Å². The molecule has 0 saturated carbocycles. The van der Waals surface area contributed by atoms with Gasteiger partial charge in [-0.15, -0.1) is 0 Å². The summed E-state index contributed by atoms with van der Waals surface area (Å²) in [6.07, 6.45) is 0.766. The number of rotatable bonds is 3. The molecule has 1 heterocycles. The summed E-state index contributed by atoms with van der Waals surface area (Å²) >= 11 is 0. The van der Waals surface area contributed by atoms with Gasteiger partial charge in [-0.25, -0.2) is 14.6 Å². The fourth-order valence-electron chi connectivity index (χ4n) is 2.47. The van der Waals surface area contributed by atoms with E-state index in [2.05, 4.69) is 4.99 Å². The van der Waals surface area contributed by atoms with Crippen LogP contribution in [0.5, 0.6) is 5.75 Å². The minimum atomic E-state index is -0.646. The maximum atomic E-state index is 12.4. The van der Waals surface area contributed by atoms with E-state index in [1.54, 1.807) is 45.0 Å². The van der Waals surface area contributed by atoms with E-state index in [0.29, 0.717) is 24.4 Å². The van der Waals surface area contributed by atoms with Crippen molar-refractivity contribution in [2.75, 3.05) is 6.54 Å². The molecule has 8 heteroatoms. The van der Waals surface area contributed by atoms with Crippen molar-refractivity contribution in [1.82, 2.24) is 4.90 Å². The average Bonchev–Trinajstić information content (AvgIpc) is 2.96. The number of carbonyl (C=O) groups is 2. The van der Waals surface area contributed by atoms with Gasteiger partial charge in [0.2, 0.25) is 0 Å². The number of carbonyl (C=O) groups excluding carboxylic acids is 2. The number of hydrogen-bond donors (Lipinski definition) is 2. The van der Waals surface area contributed by atoms with Crippen molar-refractivity contribution in [2.24, 2.45) is 16.5 Å². The molecule has 0 aliphatic carbocycles. The van der Waals surface area contributed by atoms with Crippen LogP contribution in [0, 0.1) is 0 Å². The first-order valence-electron chi connectivity index (χ1n) is 8.07. The Kier molecular flexibility index (Phi) is 5.51. The van der Waals surface area contributed by atoms with Crippen molar-refractivity contribution >= 4 is 23.7 Å². The zero-order chi connectivity index (χ0) is 18.6. The second kappa shape index (κ2) is 7.42. The Balaban J connectivity index is 2.01. The van der Waals surface area contributed by atoms with Crippen molar-refractivity contribution in [2.45, 2.75) is 45.3 Å². The zero-order valence-corrected chi connectivity index (χ0v) is 14.7. The number of amides is 1. The van der Waals surface area contributed by atoms with E-state index in [-0.39, 0.29) is 5.96 Å². The van der Waals surface area contributed by atoms with Crippen molar-refractivity contribution in [3.63, 3.8) is 0 Å². The van der Waals surface area contributed by atoms with E-state index in [1.165, 1.54) is 4.90 Å². The molecule has 1 fully saturated rings. The van der Waals surface area contributed by atoms with Crippen LogP contribution in [0.1, 0.15) is 33.6 Å². The summed E-state index contributed by atoms with van der Waals surface area (Å²) in [4.78, 5) is 30.0. The number of guanidine groups is 1. The molecule has 1 amide bonds. The summed E-state index contributed by atoms with van der Waals surface area (Å²) in [6.45, 7) is 5.82. The fourth-order valence-corrected chi connectivity index (χ4v) is 2.47. The number of ether oxygens (including phenoxy) is 2. The number of aliphatic imine (C=N–C) groups is 1. The maximum Gasteiger partial charge on any atom is 0.411 e. The monoisotopic (exact) mass is 348 g/mol. The first-order valence-corrected chi connectivity index (χ1v) is 8.07. The van der Waals surface area contributed by atoms with E-state index in [9.17, 15) is 9.59 Å². The molecule has 8 nitrogen and oxygen atoms in total. The van der Waals surface area contributed by atoms with Gasteiger partial charge in [0, 0.05) is 6.54 Å². The molecule has 4 N–H and O–H groups in total. The Labute approximate surface area is 146 Å². The Bertz CT molecular complexity index is 660. The summed E-state index contributed by atoms with van der Waals surface area (Å²) in [5.74, 6) is -0.183. The first kappa shape index (κ1) is 18.6. The number of benzene rings is 1. The molecule has 1 atom stereocenters. The van der Waals surface area contributed by atoms with Crippen LogP contribution < -0.4 is 16.2 Å². The molecule has 1 saturated heterocycles. The average molecular weight is 348 g/mol. The minimum absolute atomic E-state index is 0.0521. The SMILES string of the molecule is CC(C)(C)OC(=O)N1CCC[C@H]1C(=O)Oc1ccc(N=C(N)N)cc1. The van der Waals surface area contributed by atoms with Crippen molar-refractivity contribution < 1.29 is 19.1 Å². The number of hydrogen-bond acceptors (Lipinski definition) is 5. The predicted octanol–water partition coefficient (Wildman–Crippen LogP) is 1.90.